The molecule has 2 rings (SSSR count). The van der Waals surface area contributed by atoms with Crippen molar-refractivity contribution in [2.45, 2.75) is 38.5 Å². The van der Waals surface area contributed by atoms with Crippen LogP contribution in [-0.4, -0.2) is 48.2 Å². The fourth-order valence-corrected chi connectivity index (χ4v) is 2.96. The summed E-state index contributed by atoms with van der Waals surface area (Å²) < 4.78 is 5.50. The Morgan fingerprint density at radius 2 is 1.74 bits per heavy atom. The van der Waals surface area contributed by atoms with Gasteiger partial charge in [0.05, 0.1) is 12.5 Å². The second kappa shape index (κ2) is 6.89. The van der Waals surface area contributed by atoms with Gasteiger partial charge in [-0.1, -0.05) is 12.8 Å². The molecule has 2 aliphatic rings. The zero-order valence-electron chi connectivity index (χ0n) is 11.3. The Morgan fingerprint density at radius 3 is 2.32 bits per heavy atom. The predicted molar refractivity (Wildman–Crippen MR) is 69.7 cm³/mol. The first-order chi connectivity index (χ1) is 9.16. The third-order valence-corrected chi connectivity index (χ3v) is 4.25. The zero-order valence-corrected chi connectivity index (χ0v) is 11.3. The molecule has 0 bridgehead atoms. The van der Waals surface area contributed by atoms with E-state index in [1.54, 1.807) is 4.90 Å². The quantitative estimate of drug-likeness (QED) is 0.821. The molecule has 0 atom stereocenters. The van der Waals surface area contributed by atoms with Crippen LogP contribution in [0.15, 0.2) is 0 Å². The fourth-order valence-electron chi connectivity index (χ4n) is 2.96. The highest BCUT2D eigenvalue weighted by Crippen LogP contribution is 2.24. The van der Waals surface area contributed by atoms with E-state index in [1.165, 1.54) is 25.7 Å². The highest BCUT2D eigenvalue weighted by molar-refractivity contribution is 5.78. The van der Waals surface area contributed by atoms with E-state index in [1.807, 2.05) is 0 Å². The van der Waals surface area contributed by atoms with Crippen molar-refractivity contribution in [1.82, 2.24) is 4.90 Å². The van der Waals surface area contributed by atoms with E-state index in [2.05, 4.69) is 0 Å². The first kappa shape index (κ1) is 14.3. The lowest BCUT2D eigenvalue weighted by Gasteiger charge is -2.30. The molecular weight excluding hydrogens is 246 g/mol. The van der Waals surface area contributed by atoms with E-state index in [9.17, 15) is 9.59 Å². The Labute approximate surface area is 113 Å². The van der Waals surface area contributed by atoms with Crippen LogP contribution in [0.1, 0.15) is 38.5 Å². The Bertz CT molecular complexity index is 317. The smallest absolute Gasteiger partial charge is 0.306 e. The molecule has 0 unspecified atom stereocenters. The van der Waals surface area contributed by atoms with Crippen molar-refractivity contribution >= 4 is 11.9 Å². The van der Waals surface area contributed by atoms with Gasteiger partial charge in [-0.15, -0.1) is 0 Å². The van der Waals surface area contributed by atoms with Crippen LogP contribution in [0, 0.1) is 11.8 Å². The molecule has 1 N–H and O–H groups in total. The van der Waals surface area contributed by atoms with E-state index in [0.29, 0.717) is 38.5 Å². The minimum absolute atomic E-state index is 0.00170. The normalized spacial score (nSPS) is 21.8. The number of ether oxygens (including phenoxy) is 1. The standard InChI is InChI=1S/C14H23NO4/c16-13(10-19-9-11-3-1-2-4-11)15-7-5-12(6-8-15)14(17)18/h11-12H,1-10H2,(H,17,18). The number of carboxylic acid groups (broad SMARTS) is 1. The number of rotatable bonds is 5. The van der Waals surface area contributed by atoms with E-state index < -0.39 is 5.97 Å². The lowest BCUT2D eigenvalue weighted by molar-refractivity contribution is -0.147. The Kier molecular flexibility index (Phi) is 5.19. The first-order valence-corrected chi connectivity index (χ1v) is 7.25. The monoisotopic (exact) mass is 269 g/mol. The molecule has 0 aromatic carbocycles. The number of amides is 1. The Hall–Kier alpha value is -1.10. The van der Waals surface area contributed by atoms with E-state index in [-0.39, 0.29) is 18.4 Å². The summed E-state index contributed by atoms with van der Waals surface area (Å²) in [5.41, 5.74) is 0. The molecule has 1 saturated heterocycles. The molecule has 108 valence electrons. The molecule has 0 aromatic rings. The Morgan fingerprint density at radius 1 is 1.11 bits per heavy atom. The second-order valence-electron chi connectivity index (χ2n) is 5.66. The van der Waals surface area contributed by atoms with Crippen LogP contribution in [0.5, 0.6) is 0 Å². The molecule has 19 heavy (non-hydrogen) atoms. The van der Waals surface area contributed by atoms with Crippen LogP contribution in [-0.2, 0) is 14.3 Å². The summed E-state index contributed by atoms with van der Waals surface area (Å²) in [6, 6.07) is 0. The topological polar surface area (TPSA) is 66.8 Å². The molecule has 1 aliphatic heterocycles. The molecule has 0 spiro atoms. The first-order valence-electron chi connectivity index (χ1n) is 7.25. The number of nitrogens with zero attached hydrogens (tertiary/aromatic N) is 1. The zero-order chi connectivity index (χ0) is 13.7. The fraction of sp³-hybridized carbons (Fsp3) is 0.857. The van der Waals surface area contributed by atoms with Crippen LogP contribution >= 0.6 is 0 Å². The van der Waals surface area contributed by atoms with Crippen molar-refractivity contribution in [1.29, 1.82) is 0 Å². The molecular formula is C14H23NO4. The third-order valence-electron chi connectivity index (χ3n) is 4.25. The van der Waals surface area contributed by atoms with E-state index in [4.69, 9.17) is 9.84 Å². The van der Waals surface area contributed by atoms with Gasteiger partial charge in [0.2, 0.25) is 5.91 Å². The summed E-state index contributed by atoms with van der Waals surface area (Å²) in [5.74, 6) is -0.402. The van der Waals surface area contributed by atoms with Crippen molar-refractivity contribution in [3.8, 4) is 0 Å². The number of likely N-dealkylation sites (tertiary alicyclic amines) is 1. The number of carbonyl (C=O) groups excluding carboxylic acids is 1. The number of hydrogen-bond donors (Lipinski definition) is 1. The van der Waals surface area contributed by atoms with Gasteiger partial charge in [-0.3, -0.25) is 9.59 Å². The number of carboxylic acids is 1. The maximum Gasteiger partial charge on any atom is 0.306 e. The van der Waals surface area contributed by atoms with Gasteiger partial charge < -0.3 is 14.7 Å². The largest absolute Gasteiger partial charge is 0.481 e. The van der Waals surface area contributed by atoms with Gasteiger partial charge in [-0.05, 0) is 31.6 Å². The minimum atomic E-state index is -0.746. The van der Waals surface area contributed by atoms with Crippen LogP contribution in [0.4, 0.5) is 0 Å². The van der Waals surface area contributed by atoms with Gasteiger partial charge in [0.15, 0.2) is 0 Å². The summed E-state index contributed by atoms with van der Waals surface area (Å²) >= 11 is 0. The van der Waals surface area contributed by atoms with Crippen molar-refractivity contribution in [3.05, 3.63) is 0 Å². The lowest BCUT2D eigenvalue weighted by atomic mass is 9.97. The van der Waals surface area contributed by atoms with Crippen LogP contribution < -0.4 is 0 Å². The van der Waals surface area contributed by atoms with Gasteiger partial charge in [0, 0.05) is 13.1 Å². The third kappa shape index (κ3) is 4.20. The summed E-state index contributed by atoms with van der Waals surface area (Å²) in [4.78, 5) is 24.5. The molecule has 5 heteroatoms. The molecule has 0 radical (unpaired) electrons. The summed E-state index contributed by atoms with van der Waals surface area (Å²) in [5, 5.41) is 8.90. The number of carbonyl (C=O) groups is 2. The van der Waals surface area contributed by atoms with Crippen LogP contribution in [0.2, 0.25) is 0 Å². The van der Waals surface area contributed by atoms with Crippen molar-refractivity contribution < 1.29 is 19.4 Å². The lowest BCUT2D eigenvalue weighted by Crippen LogP contribution is -2.42. The second-order valence-corrected chi connectivity index (χ2v) is 5.66. The van der Waals surface area contributed by atoms with Gasteiger partial charge in [-0.2, -0.15) is 0 Å². The number of hydrogen-bond acceptors (Lipinski definition) is 3. The van der Waals surface area contributed by atoms with Gasteiger partial charge >= 0.3 is 5.97 Å². The Balaban J connectivity index is 1.62. The average Bonchev–Trinajstić information content (AvgIpc) is 2.92. The average molecular weight is 269 g/mol. The van der Waals surface area contributed by atoms with Crippen molar-refractivity contribution in [2.24, 2.45) is 11.8 Å². The van der Waals surface area contributed by atoms with E-state index in [0.717, 1.165) is 0 Å². The number of piperidine rings is 1. The maximum atomic E-state index is 11.9. The van der Waals surface area contributed by atoms with Crippen LogP contribution in [0.25, 0.3) is 0 Å². The number of aliphatic carboxylic acids is 1. The van der Waals surface area contributed by atoms with E-state index >= 15 is 0 Å². The van der Waals surface area contributed by atoms with Gasteiger partial charge in [0.1, 0.15) is 6.61 Å². The molecule has 2 fully saturated rings. The summed E-state index contributed by atoms with van der Waals surface area (Å²) in [7, 11) is 0. The maximum absolute atomic E-state index is 11.9. The predicted octanol–water partition coefficient (Wildman–Crippen LogP) is 1.52. The van der Waals surface area contributed by atoms with Crippen molar-refractivity contribution in [3.63, 3.8) is 0 Å². The molecule has 0 aromatic heterocycles. The molecule has 5 nitrogen and oxygen atoms in total. The molecule has 1 saturated carbocycles. The SMILES string of the molecule is O=C(O)C1CCN(C(=O)COCC2CCCC2)CC1. The van der Waals surface area contributed by atoms with Crippen molar-refractivity contribution in [2.75, 3.05) is 26.3 Å². The van der Waals surface area contributed by atoms with Gasteiger partial charge in [0.25, 0.3) is 0 Å². The molecule has 1 amide bonds. The highest BCUT2D eigenvalue weighted by atomic mass is 16.5. The highest BCUT2D eigenvalue weighted by Gasteiger charge is 2.27. The summed E-state index contributed by atoms with van der Waals surface area (Å²) in [6.45, 7) is 1.93. The molecule has 1 heterocycles. The molecule has 1 aliphatic carbocycles. The van der Waals surface area contributed by atoms with Gasteiger partial charge in [-0.25, -0.2) is 0 Å². The van der Waals surface area contributed by atoms with Crippen LogP contribution in [0.3, 0.4) is 0 Å². The summed E-state index contributed by atoms with van der Waals surface area (Å²) in [6.07, 6.45) is 6.12. The minimum Gasteiger partial charge on any atom is -0.481 e.